The molecule has 0 aliphatic rings. The van der Waals surface area contributed by atoms with Crippen molar-refractivity contribution in [2.24, 2.45) is 5.73 Å². The zero-order valence-corrected chi connectivity index (χ0v) is 11.9. The number of hydrogen-bond acceptors (Lipinski definition) is 6. The van der Waals surface area contributed by atoms with E-state index >= 15 is 0 Å². The molecule has 106 valence electrons. The fourth-order valence-electron chi connectivity index (χ4n) is 1.79. The lowest BCUT2D eigenvalue weighted by atomic mass is 10.1. The molecule has 20 heavy (non-hydrogen) atoms. The number of benzene rings is 1. The molecular formula is C13H15N3O3S. The average molecular weight is 293 g/mol. The molecule has 0 bridgehead atoms. The third-order valence-electron chi connectivity index (χ3n) is 2.68. The zero-order valence-electron chi connectivity index (χ0n) is 11.0. The van der Waals surface area contributed by atoms with Gasteiger partial charge in [0.25, 0.3) is 0 Å². The van der Waals surface area contributed by atoms with Gasteiger partial charge in [-0.3, -0.25) is 10.1 Å². The highest BCUT2D eigenvalue weighted by atomic mass is 32.1. The molecule has 0 saturated carbocycles. The van der Waals surface area contributed by atoms with Crippen molar-refractivity contribution in [1.29, 1.82) is 0 Å². The van der Waals surface area contributed by atoms with Gasteiger partial charge in [-0.15, -0.1) is 11.3 Å². The normalized spacial score (nSPS) is 10.5. The van der Waals surface area contributed by atoms with Crippen LogP contribution in [0.5, 0.6) is 5.75 Å². The predicted molar refractivity (Wildman–Crippen MR) is 77.1 cm³/mol. The van der Waals surface area contributed by atoms with Gasteiger partial charge in [0.15, 0.2) is 5.75 Å². The predicted octanol–water partition coefficient (Wildman–Crippen LogP) is 2.50. The van der Waals surface area contributed by atoms with Gasteiger partial charge in [0, 0.05) is 24.4 Å². The van der Waals surface area contributed by atoms with Crippen molar-refractivity contribution in [1.82, 2.24) is 4.98 Å². The lowest BCUT2D eigenvalue weighted by Gasteiger charge is -2.05. The molecule has 0 amide bonds. The number of thiazole rings is 1. The Morgan fingerprint density at radius 1 is 1.50 bits per heavy atom. The van der Waals surface area contributed by atoms with Crippen molar-refractivity contribution >= 4 is 17.0 Å². The van der Waals surface area contributed by atoms with Crippen LogP contribution in [0.25, 0.3) is 0 Å². The maximum Gasteiger partial charge on any atom is 0.311 e. The molecule has 0 aliphatic carbocycles. The third kappa shape index (κ3) is 3.31. The summed E-state index contributed by atoms with van der Waals surface area (Å²) in [5, 5.41) is 13.8. The molecule has 2 N–H and O–H groups in total. The van der Waals surface area contributed by atoms with E-state index in [1.54, 1.807) is 13.0 Å². The molecule has 0 aliphatic heterocycles. The Hall–Kier alpha value is -1.99. The monoisotopic (exact) mass is 293 g/mol. The molecule has 1 heterocycles. The van der Waals surface area contributed by atoms with Crippen molar-refractivity contribution in [2.75, 3.05) is 6.61 Å². The summed E-state index contributed by atoms with van der Waals surface area (Å²) in [4.78, 5) is 15.0. The van der Waals surface area contributed by atoms with E-state index in [1.165, 1.54) is 17.4 Å². The molecule has 2 aromatic rings. The topological polar surface area (TPSA) is 91.3 Å². The highest BCUT2D eigenvalue weighted by Crippen LogP contribution is 2.29. The summed E-state index contributed by atoms with van der Waals surface area (Å²) in [6, 6.07) is 4.99. The molecule has 0 atom stereocenters. The Kier molecular flexibility index (Phi) is 4.65. The van der Waals surface area contributed by atoms with E-state index in [2.05, 4.69) is 4.98 Å². The highest BCUT2D eigenvalue weighted by Gasteiger charge is 2.16. The summed E-state index contributed by atoms with van der Waals surface area (Å²) in [7, 11) is 0. The van der Waals surface area contributed by atoms with Crippen LogP contribution < -0.4 is 10.5 Å². The summed E-state index contributed by atoms with van der Waals surface area (Å²) in [5.74, 6) is 0.294. The van der Waals surface area contributed by atoms with E-state index in [9.17, 15) is 10.1 Å². The van der Waals surface area contributed by atoms with Crippen molar-refractivity contribution in [3.63, 3.8) is 0 Å². The van der Waals surface area contributed by atoms with Crippen molar-refractivity contribution < 1.29 is 9.66 Å². The smallest absolute Gasteiger partial charge is 0.311 e. The Morgan fingerprint density at radius 2 is 2.30 bits per heavy atom. The summed E-state index contributed by atoms with van der Waals surface area (Å²) < 4.78 is 5.25. The largest absolute Gasteiger partial charge is 0.487 e. The Balaban J connectivity index is 2.24. The SMILES string of the molecule is CCOc1ccc(Cc2nc(CN)cs2)cc1[N+](=O)[O-]. The van der Waals surface area contributed by atoms with E-state index in [4.69, 9.17) is 10.5 Å². The van der Waals surface area contributed by atoms with E-state index in [1.807, 2.05) is 11.4 Å². The Morgan fingerprint density at radius 3 is 2.90 bits per heavy atom. The van der Waals surface area contributed by atoms with Crippen LogP contribution in [0, 0.1) is 10.1 Å². The first-order valence-corrected chi connectivity index (χ1v) is 7.05. The minimum absolute atomic E-state index is 0.0139. The molecule has 0 spiro atoms. The molecule has 0 saturated heterocycles. The van der Waals surface area contributed by atoms with Crippen LogP contribution in [-0.2, 0) is 13.0 Å². The number of rotatable bonds is 6. The number of ether oxygens (including phenoxy) is 1. The Labute approximate surface area is 120 Å². The van der Waals surface area contributed by atoms with Gasteiger partial charge in [0.05, 0.1) is 22.2 Å². The number of nitrogens with zero attached hydrogens (tertiary/aromatic N) is 2. The minimum atomic E-state index is -0.429. The summed E-state index contributed by atoms with van der Waals surface area (Å²) >= 11 is 1.51. The second-order valence-corrected chi connectivity index (χ2v) is 5.05. The first-order chi connectivity index (χ1) is 9.63. The fourth-order valence-corrected chi connectivity index (χ4v) is 2.63. The molecule has 1 aromatic carbocycles. The van der Waals surface area contributed by atoms with Gasteiger partial charge in [0.2, 0.25) is 0 Å². The van der Waals surface area contributed by atoms with E-state index < -0.39 is 4.92 Å². The standard InChI is InChI=1S/C13H15N3O3S/c1-2-19-12-4-3-9(5-11(12)16(17)18)6-13-15-10(7-14)8-20-13/h3-5,8H,2,6-7,14H2,1H3. The summed E-state index contributed by atoms with van der Waals surface area (Å²) in [6.07, 6.45) is 0.553. The Bertz CT molecular complexity index is 613. The maximum atomic E-state index is 11.0. The first kappa shape index (κ1) is 14.4. The lowest BCUT2D eigenvalue weighted by molar-refractivity contribution is -0.385. The van der Waals surface area contributed by atoms with Gasteiger partial charge < -0.3 is 10.5 Å². The molecule has 2 rings (SSSR count). The summed E-state index contributed by atoms with van der Waals surface area (Å²) in [5.41, 5.74) is 7.17. The van der Waals surface area contributed by atoms with Crippen LogP contribution in [0.4, 0.5) is 5.69 Å². The fraction of sp³-hybridized carbons (Fsp3) is 0.308. The molecule has 1 aromatic heterocycles. The number of nitro groups is 1. The van der Waals surface area contributed by atoms with E-state index in [0.717, 1.165) is 16.3 Å². The van der Waals surface area contributed by atoms with Crippen molar-refractivity contribution in [3.8, 4) is 5.75 Å². The number of nitro benzene ring substituents is 1. The molecule has 0 radical (unpaired) electrons. The van der Waals surface area contributed by atoms with Crippen molar-refractivity contribution in [3.05, 3.63) is 50.0 Å². The maximum absolute atomic E-state index is 11.0. The van der Waals surface area contributed by atoms with Gasteiger partial charge in [-0.05, 0) is 18.6 Å². The number of nitrogens with two attached hydrogens (primary N) is 1. The quantitative estimate of drug-likeness (QED) is 0.652. The third-order valence-corrected chi connectivity index (χ3v) is 3.58. The van der Waals surface area contributed by atoms with Crippen molar-refractivity contribution in [2.45, 2.75) is 19.9 Å². The molecular weight excluding hydrogens is 278 g/mol. The summed E-state index contributed by atoms with van der Waals surface area (Å²) in [6.45, 7) is 2.59. The van der Waals surface area contributed by atoms with Crippen LogP contribution in [0.15, 0.2) is 23.6 Å². The van der Waals surface area contributed by atoms with Crippen LogP contribution in [-0.4, -0.2) is 16.5 Å². The van der Waals surface area contributed by atoms with E-state index in [-0.39, 0.29) is 5.69 Å². The van der Waals surface area contributed by atoms with Crippen LogP contribution in [0.3, 0.4) is 0 Å². The van der Waals surface area contributed by atoms with Crippen LogP contribution >= 0.6 is 11.3 Å². The minimum Gasteiger partial charge on any atom is -0.487 e. The van der Waals surface area contributed by atoms with Gasteiger partial charge in [-0.2, -0.15) is 0 Å². The molecule has 0 unspecified atom stereocenters. The number of aromatic nitrogens is 1. The highest BCUT2D eigenvalue weighted by molar-refractivity contribution is 7.09. The number of hydrogen-bond donors (Lipinski definition) is 1. The van der Waals surface area contributed by atoms with Gasteiger partial charge in [-0.1, -0.05) is 6.07 Å². The van der Waals surface area contributed by atoms with Gasteiger partial charge in [0.1, 0.15) is 0 Å². The van der Waals surface area contributed by atoms with Gasteiger partial charge in [-0.25, -0.2) is 4.98 Å². The van der Waals surface area contributed by atoms with E-state index in [0.29, 0.717) is 25.3 Å². The molecule has 7 heteroatoms. The zero-order chi connectivity index (χ0) is 14.5. The first-order valence-electron chi connectivity index (χ1n) is 6.17. The second kappa shape index (κ2) is 6.44. The molecule has 6 nitrogen and oxygen atoms in total. The lowest BCUT2D eigenvalue weighted by Crippen LogP contribution is -1.99. The second-order valence-electron chi connectivity index (χ2n) is 4.11. The van der Waals surface area contributed by atoms with Crippen LogP contribution in [0.1, 0.15) is 23.2 Å². The molecule has 0 fully saturated rings. The van der Waals surface area contributed by atoms with Crippen LogP contribution in [0.2, 0.25) is 0 Å². The average Bonchev–Trinajstić information content (AvgIpc) is 2.88. The van der Waals surface area contributed by atoms with Gasteiger partial charge >= 0.3 is 5.69 Å².